The van der Waals surface area contributed by atoms with E-state index in [1.54, 1.807) is 0 Å². The van der Waals surface area contributed by atoms with Gasteiger partial charge in [0.2, 0.25) is 5.91 Å². The fourth-order valence-corrected chi connectivity index (χ4v) is 4.60. The third-order valence-corrected chi connectivity index (χ3v) is 5.86. The molecule has 1 aliphatic heterocycles. The van der Waals surface area contributed by atoms with Gasteiger partial charge in [0.05, 0.1) is 0 Å². The second-order valence-corrected chi connectivity index (χ2v) is 7.51. The van der Waals surface area contributed by atoms with E-state index in [0.717, 1.165) is 17.9 Å². The Balaban J connectivity index is 1.85. The number of benzene rings is 2. The van der Waals surface area contributed by atoms with E-state index in [1.807, 2.05) is 47.0 Å². The molecule has 0 bridgehead atoms. The maximum absolute atomic E-state index is 12.9. The van der Waals surface area contributed by atoms with Crippen LogP contribution in [0.4, 0.5) is 0 Å². The molecule has 1 saturated heterocycles. The van der Waals surface area contributed by atoms with Gasteiger partial charge in [-0.15, -0.1) is 23.4 Å². The summed E-state index contributed by atoms with van der Waals surface area (Å²) in [5, 5.41) is -0.559. The zero-order chi connectivity index (χ0) is 16.4. The molecule has 1 aliphatic rings. The second kappa shape index (κ2) is 6.98. The summed E-state index contributed by atoms with van der Waals surface area (Å²) < 4.78 is 0. The molecule has 2 aromatic rings. The lowest BCUT2D eigenvalue weighted by molar-refractivity contribution is -0.131. The second-order valence-electron chi connectivity index (χ2n) is 5.89. The van der Waals surface area contributed by atoms with E-state index in [2.05, 4.69) is 32.0 Å². The monoisotopic (exact) mass is 345 g/mol. The van der Waals surface area contributed by atoms with Crippen molar-refractivity contribution in [1.29, 1.82) is 0 Å². The fourth-order valence-electron chi connectivity index (χ4n) is 2.97. The number of carbonyl (C=O) groups is 1. The predicted octanol–water partition coefficient (Wildman–Crippen LogP) is 4.86. The summed E-state index contributed by atoms with van der Waals surface area (Å²) in [6, 6.07) is 16.0. The number of rotatable bonds is 3. The van der Waals surface area contributed by atoms with Crippen molar-refractivity contribution in [1.82, 2.24) is 4.90 Å². The molecule has 0 unspecified atom stereocenters. The molecule has 0 aliphatic carbocycles. The average molecular weight is 346 g/mol. The third kappa shape index (κ3) is 3.41. The first-order valence-electron chi connectivity index (χ1n) is 7.76. The Hall–Kier alpha value is -1.45. The highest BCUT2D eigenvalue weighted by Gasteiger charge is 2.34. The normalized spacial score (nSPS) is 18.9. The molecule has 0 N–H and O–H groups in total. The van der Waals surface area contributed by atoms with E-state index in [0.29, 0.717) is 0 Å². The fraction of sp³-hybridized carbons (Fsp3) is 0.316. The van der Waals surface area contributed by atoms with Crippen LogP contribution in [0.3, 0.4) is 0 Å². The Kier molecular flexibility index (Phi) is 4.98. The summed E-state index contributed by atoms with van der Waals surface area (Å²) in [5.74, 6) is 0.940. The van der Waals surface area contributed by atoms with E-state index in [9.17, 15) is 4.79 Å². The minimum atomic E-state index is -0.622. The first kappa shape index (κ1) is 16.4. The van der Waals surface area contributed by atoms with Gasteiger partial charge in [-0.25, -0.2) is 0 Å². The number of hydrogen-bond donors (Lipinski definition) is 0. The molecule has 2 aromatic carbocycles. The number of amides is 1. The lowest BCUT2D eigenvalue weighted by atomic mass is 10.0. The number of thioether (sulfide) groups is 1. The molecule has 2 nitrogen and oxygen atoms in total. The van der Waals surface area contributed by atoms with Gasteiger partial charge in [-0.1, -0.05) is 54.1 Å². The number of halogens is 1. The van der Waals surface area contributed by atoms with E-state index in [1.165, 1.54) is 16.7 Å². The van der Waals surface area contributed by atoms with Crippen LogP contribution in [0.25, 0.3) is 0 Å². The number of hydrogen-bond acceptors (Lipinski definition) is 2. The predicted molar refractivity (Wildman–Crippen MR) is 97.9 cm³/mol. The van der Waals surface area contributed by atoms with Crippen molar-refractivity contribution >= 4 is 29.3 Å². The largest absolute Gasteiger partial charge is 0.324 e. The van der Waals surface area contributed by atoms with Crippen LogP contribution in [-0.4, -0.2) is 23.1 Å². The number of alkyl halides is 1. The molecule has 1 fully saturated rings. The van der Waals surface area contributed by atoms with Crippen LogP contribution in [0.5, 0.6) is 0 Å². The summed E-state index contributed by atoms with van der Waals surface area (Å²) in [5.41, 5.74) is 4.54. The van der Waals surface area contributed by atoms with Crippen molar-refractivity contribution in [3.8, 4) is 0 Å². The van der Waals surface area contributed by atoms with Gasteiger partial charge in [-0.2, -0.15) is 0 Å². The summed E-state index contributed by atoms with van der Waals surface area (Å²) in [6.45, 7) is 4.95. The highest BCUT2D eigenvalue weighted by atomic mass is 35.5. The molecule has 1 heterocycles. The van der Waals surface area contributed by atoms with Crippen molar-refractivity contribution < 1.29 is 4.79 Å². The van der Waals surface area contributed by atoms with Crippen molar-refractivity contribution in [2.45, 2.75) is 24.6 Å². The van der Waals surface area contributed by atoms with Gasteiger partial charge in [0.25, 0.3) is 0 Å². The van der Waals surface area contributed by atoms with Crippen LogP contribution in [-0.2, 0) is 4.79 Å². The van der Waals surface area contributed by atoms with Crippen molar-refractivity contribution in [2.24, 2.45) is 0 Å². The van der Waals surface area contributed by atoms with Crippen molar-refractivity contribution in [3.63, 3.8) is 0 Å². The molecule has 4 heteroatoms. The molecular formula is C19H20ClNOS. The van der Waals surface area contributed by atoms with Crippen molar-refractivity contribution in [3.05, 3.63) is 70.8 Å². The minimum Gasteiger partial charge on any atom is -0.324 e. The maximum Gasteiger partial charge on any atom is 0.246 e. The molecule has 3 rings (SSSR count). The standard InChI is InChI=1S/C19H20ClNOS/c1-13-8-9-16(14(2)12-13)19-21(10-11-23-19)18(22)17(20)15-6-4-3-5-7-15/h3-9,12,17,19H,10-11H2,1-2H3/t17-,19+/m0/s1. The summed E-state index contributed by atoms with van der Waals surface area (Å²) in [4.78, 5) is 14.8. The van der Waals surface area contributed by atoms with Crippen LogP contribution in [0.2, 0.25) is 0 Å². The van der Waals surface area contributed by atoms with Crippen LogP contribution >= 0.6 is 23.4 Å². The Morgan fingerprint density at radius 2 is 1.96 bits per heavy atom. The van der Waals surface area contributed by atoms with E-state index >= 15 is 0 Å². The number of nitrogens with zero attached hydrogens (tertiary/aromatic N) is 1. The van der Waals surface area contributed by atoms with Gasteiger partial charge < -0.3 is 4.90 Å². The van der Waals surface area contributed by atoms with E-state index in [-0.39, 0.29) is 11.3 Å². The lowest BCUT2D eigenvalue weighted by Gasteiger charge is -2.27. The van der Waals surface area contributed by atoms with Gasteiger partial charge in [0.15, 0.2) is 0 Å². The first-order valence-corrected chi connectivity index (χ1v) is 9.24. The molecule has 0 saturated carbocycles. The topological polar surface area (TPSA) is 20.3 Å². The van der Waals surface area contributed by atoms with Crippen LogP contribution in [0.15, 0.2) is 48.5 Å². The number of aryl methyl sites for hydroxylation is 2. The molecule has 0 spiro atoms. The van der Waals surface area contributed by atoms with E-state index in [4.69, 9.17) is 11.6 Å². The molecule has 2 atom stereocenters. The molecular weight excluding hydrogens is 326 g/mol. The van der Waals surface area contributed by atoms with Gasteiger partial charge in [-0.3, -0.25) is 4.79 Å². The Morgan fingerprint density at radius 1 is 1.22 bits per heavy atom. The first-order chi connectivity index (χ1) is 11.1. The summed E-state index contributed by atoms with van der Waals surface area (Å²) >= 11 is 8.27. The minimum absolute atomic E-state index is 0.00663. The molecule has 0 radical (unpaired) electrons. The van der Waals surface area contributed by atoms with Crippen LogP contribution < -0.4 is 0 Å². The van der Waals surface area contributed by atoms with Crippen molar-refractivity contribution in [2.75, 3.05) is 12.3 Å². The van der Waals surface area contributed by atoms with E-state index < -0.39 is 5.38 Å². The zero-order valence-corrected chi connectivity index (χ0v) is 14.9. The number of carbonyl (C=O) groups excluding carboxylic acids is 1. The van der Waals surface area contributed by atoms with Gasteiger partial charge in [0.1, 0.15) is 10.8 Å². The van der Waals surface area contributed by atoms with Gasteiger partial charge in [0, 0.05) is 12.3 Å². The SMILES string of the molecule is Cc1ccc([C@H]2SCCN2C(=O)[C@@H](Cl)c2ccccc2)c(C)c1. The molecule has 1 amide bonds. The Morgan fingerprint density at radius 3 is 2.65 bits per heavy atom. The summed E-state index contributed by atoms with van der Waals surface area (Å²) in [7, 11) is 0. The smallest absolute Gasteiger partial charge is 0.246 e. The average Bonchev–Trinajstić information content (AvgIpc) is 3.03. The van der Waals surface area contributed by atoms with Gasteiger partial charge >= 0.3 is 0 Å². The summed E-state index contributed by atoms with van der Waals surface area (Å²) in [6.07, 6.45) is 0. The quantitative estimate of drug-likeness (QED) is 0.740. The van der Waals surface area contributed by atoms with Crippen LogP contribution in [0.1, 0.15) is 33.0 Å². The molecule has 0 aromatic heterocycles. The van der Waals surface area contributed by atoms with Gasteiger partial charge in [-0.05, 0) is 30.5 Å². The maximum atomic E-state index is 12.9. The van der Waals surface area contributed by atoms with Crippen LogP contribution in [0, 0.1) is 13.8 Å². The lowest BCUT2D eigenvalue weighted by Crippen LogP contribution is -2.33. The third-order valence-electron chi connectivity index (χ3n) is 4.17. The Bertz CT molecular complexity index is 704. The Labute approximate surface area is 146 Å². The highest BCUT2D eigenvalue weighted by Crippen LogP contribution is 2.41. The zero-order valence-electron chi connectivity index (χ0n) is 13.3. The molecule has 120 valence electrons. The highest BCUT2D eigenvalue weighted by molar-refractivity contribution is 7.99. The molecule has 23 heavy (non-hydrogen) atoms.